The van der Waals surface area contributed by atoms with Crippen LogP contribution in [-0.4, -0.2) is 52.8 Å². The zero-order chi connectivity index (χ0) is 16.7. The smallest absolute Gasteiger partial charge is 0.253 e. The quantitative estimate of drug-likeness (QED) is 0.848. The normalized spacial score (nSPS) is 18.7. The molecule has 2 fully saturated rings. The first-order valence-electron chi connectivity index (χ1n) is 8.57. The Morgan fingerprint density at radius 3 is 2.67 bits per heavy atom. The molecule has 2 aromatic rings. The highest BCUT2D eigenvalue weighted by molar-refractivity contribution is 5.97. The van der Waals surface area contributed by atoms with Crippen molar-refractivity contribution in [2.45, 2.75) is 26.2 Å². The van der Waals surface area contributed by atoms with E-state index in [1.165, 1.54) is 0 Å². The number of hydrogen-bond acceptors (Lipinski definition) is 4. The van der Waals surface area contributed by atoms with Gasteiger partial charge in [-0.15, -0.1) is 0 Å². The number of carbonyl (C=O) groups excluding carboxylic acids is 2. The molecule has 4 rings (SSSR count). The van der Waals surface area contributed by atoms with Gasteiger partial charge in [-0.1, -0.05) is 0 Å². The number of oxazole rings is 1. The minimum atomic E-state index is -0.00160. The van der Waals surface area contributed by atoms with Crippen LogP contribution in [0.2, 0.25) is 0 Å². The maximum Gasteiger partial charge on any atom is 0.253 e. The maximum absolute atomic E-state index is 12.8. The molecule has 0 N–H and O–H groups in total. The molecule has 0 radical (unpaired) electrons. The molecule has 1 saturated heterocycles. The summed E-state index contributed by atoms with van der Waals surface area (Å²) in [5, 5.41) is 0. The van der Waals surface area contributed by atoms with Gasteiger partial charge in [0.15, 0.2) is 11.5 Å². The van der Waals surface area contributed by atoms with Crippen molar-refractivity contribution in [1.82, 2.24) is 14.8 Å². The second-order valence-electron chi connectivity index (χ2n) is 6.66. The highest BCUT2D eigenvalue weighted by Crippen LogP contribution is 2.31. The lowest BCUT2D eigenvalue weighted by molar-refractivity contribution is -0.132. The van der Waals surface area contributed by atoms with Crippen molar-refractivity contribution < 1.29 is 14.0 Å². The standard InChI is InChI=1S/C18H21N3O3/c1-12-19-15-11-14(5-6-16(15)24-12)18(23)21-8-2-7-20(9-10-21)17(22)13-3-4-13/h5-6,11,13H,2-4,7-10H2,1H3. The number of fused-ring (bicyclic) bond motifs is 1. The van der Waals surface area contributed by atoms with Crippen molar-refractivity contribution in [2.75, 3.05) is 26.2 Å². The van der Waals surface area contributed by atoms with Gasteiger partial charge in [-0.25, -0.2) is 4.98 Å². The Labute approximate surface area is 140 Å². The van der Waals surface area contributed by atoms with Gasteiger partial charge < -0.3 is 14.2 Å². The summed E-state index contributed by atoms with van der Waals surface area (Å²) >= 11 is 0. The SMILES string of the molecule is Cc1nc2cc(C(=O)N3CCCN(C(=O)C4CC4)CC3)ccc2o1. The average Bonchev–Trinajstić information content (AvgIpc) is 3.37. The molecule has 0 atom stereocenters. The molecule has 2 heterocycles. The number of carbonyl (C=O) groups is 2. The van der Waals surface area contributed by atoms with E-state index in [0.29, 0.717) is 42.2 Å². The van der Waals surface area contributed by atoms with Crippen LogP contribution in [0.15, 0.2) is 22.6 Å². The largest absolute Gasteiger partial charge is 0.441 e. The third-order valence-electron chi connectivity index (χ3n) is 4.76. The zero-order valence-corrected chi connectivity index (χ0v) is 13.8. The van der Waals surface area contributed by atoms with E-state index in [2.05, 4.69) is 4.98 Å². The predicted molar refractivity (Wildman–Crippen MR) is 88.6 cm³/mol. The summed E-state index contributed by atoms with van der Waals surface area (Å²) in [6.45, 7) is 4.45. The summed E-state index contributed by atoms with van der Waals surface area (Å²) in [6.07, 6.45) is 2.87. The van der Waals surface area contributed by atoms with Crippen LogP contribution in [0.3, 0.4) is 0 Å². The Bertz CT molecular complexity index is 794. The van der Waals surface area contributed by atoms with E-state index >= 15 is 0 Å². The third kappa shape index (κ3) is 2.88. The molecule has 6 heteroatoms. The fraction of sp³-hybridized carbons (Fsp3) is 0.500. The fourth-order valence-electron chi connectivity index (χ4n) is 3.29. The number of aromatic nitrogens is 1. The molecule has 1 saturated carbocycles. The van der Waals surface area contributed by atoms with Gasteiger partial charge in [0.1, 0.15) is 5.52 Å². The van der Waals surface area contributed by atoms with Crippen LogP contribution in [0.4, 0.5) is 0 Å². The van der Waals surface area contributed by atoms with Gasteiger partial charge in [-0.2, -0.15) is 0 Å². The number of hydrogen-bond donors (Lipinski definition) is 0. The second kappa shape index (κ2) is 5.92. The molecule has 6 nitrogen and oxygen atoms in total. The van der Waals surface area contributed by atoms with Crippen molar-refractivity contribution in [3.63, 3.8) is 0 Å². The van der Waals surface area contributed by atoms with Gasteiger partial charge in [-0.3, -0.25) is 9.59 Å². The number of nitrogens with zero attached hydrogens (tertiary/aromatic N) is 3. The maximum atomic E-state index is 12.8. The highest BCUT2D eigenvalue weighted by atomic mass is 16.3. The minimum Gasteiger partial charge on any atom is -0.441 e. The Kier molecular flexibility index (Phi) is 3.75. The van der Waals surface area contributed by atoms with E-state index in [1.807, 2.05) is 9.80 Å². The second-order valence-corrected chi connectivity index (χ2v) is 6.66. The van der Waals surface area contributed by atoms with Crippen LogP contribution < -0.4 is 0 Å². The number of benzene rings is 1. The van der Waals surface area contributed by atoms with Gasteiger partial charge >= 0.3 is 0 Å². The summed E-state index contributed by atoms with van der Waals surface area (Å²) in [4.78, 5) is 33.1. The minimum absolute atomic E-state index is 0.00160. The number of amides is 2. The number of rotatable bonds is 2. The van der Waals surface area contributed by atoms with Crippen molar-refractivity contribution in [1.29, 1.82) is 0 Å². The summed E-state index contributed by atoms with van der Waals surface area (Å²) in [5.74, 6) is 1.10. The van der Waals surface area contributed by atoms with Crippen LogP contribution in [0, 0.1) is 12.8 Å². The monoisotopic (exact) mass is 327 g/mol. The zero-order valence-electron chi connectivity index (χ0n) is 13.8. The van der Waals surface area contributed by atoms with Crippen LogP contribution in [-0.2, 0) is 4.79 Å². The predicted octanol–water partition coefficient (Wildman–Crippen LogP) is 2.22. The Morgan fingerprint density at radius 1 is 1.12 bits per heavy atom. The molecule has 1 aromatic carbocycles. The van der Waals surface area contributed by atoms with Gasteiger partial charge in [0, 0.05) is 44.6 Å². The van der Waals surface area contributed by atoms with Crippen LogP contribution in [0.5, 0.6) is 0 Å². The van der Waals surface area contributed by atoms with E-state index in [1.54, 1.807) is 25.1 Å². The molecule has 2 aliphatic rings. The van der Waals surface area contributed by atoms with Crippen molar-refractivity contribution in [3.05, 3.63) is 29.7 Å². The molecular formula is C18H21N3O3. The van der Waals surface area contributed by atoms with E-state index in [9.17, 15) is 9.59 Å². The summed E-state index contributed by atoms with van der Waals surface area (Å²) in [7, 11) is 0. The molecule has 1 aliphatic heterocycles. The van der Waals surface area contributed by atoms with Gasteiger partial charge in [-0.05, 0) is 37.5 Å². The summed E-state index contributed by atoms with van der Waals surface area (Å²) < 4.78 is 5.46. The van der Waals surface area contributed by atoms with Crippen LogP contribution in [0.25, 0.3) is 11.1 Å². The van der Waals surface area contributed by atoms with Crippen molar-refractivity contribution in [3.8, 4) is 0 Å². The lowest BCUT2D eigenvalue weighted by Crippen LogP contribution is -2.37. The first-order chi connectivity index (χ1) is 11.6. The summed E-state index contributed by atoms with van der Waals surface area (Å²) in [5.41, 5.74) is 2.03. The molecule has 0 bridgehead atoms. The van der Waals surface area contributed by atoms with Gasteiger partial charge in [0.2, 0.25) is 5.91 Å². The lowest BCUT2D eigenvalue weighted by atomic mass is 10.1. The molecular weight excluding hydrogens is 306 g/mol. The topological polar surface area (TPSA) is 66.7 Å². The average molecular weight is 327 g/mol. The lowest BCUT2D eigenvalue weighted by Gasteiger charge is -2.22. The first kappa shape index (κ1) is 15.2. The first-order valence-corrected chi connectivity index (χ1v) is 8.57. The molecule has 0 unspecified atom stereocenters. The molecule has 2 amide bonds. The fourth-order valence-corrected chi connectivity index (χ4v) is 3.29. The summed E-state index contributed by atoms with van der Waals surface area (Å²) in [6, 6.07) is 5.36. The Hall–Kier alpha value is -2.37. The molecule has 126 valence electrons. The van der Waals surface area contributed by atoms with Crippen LogP contribution in [0.1, 0.15) is 35.5 Å². The van der Waals surface area contributed by atoms with E-state index in [4.69, 9.17) is 4.42 Å². The Morgan fingerprint density at radius 2 is 1.88 bits per heavy atom. The molecule has 1 aromatic heterocycles. The van der Waals surface area contributed by atoms with E-state index in [0.717, 1.165) is 25.8 Å². The third-order valence-corrected chi connectivity index (χ3v) is 4.76. The van der Waals surface area contributed by atoms with Gasteiger partial charge in [0.25, 0.3) is 5.91 Å². The highest BCUT2D eigenvalue weighted by Gasteiger charge is 2.34. The molecule has 0 spiro atoms. The van der Waals surface area contributed by atoms with Gasteiger partial charge in [0.05, 0.1) is 0 Å². The van der Waals surface area contributed by atoms with Crippen LogP contribution >= 0.6 is 0 Å². The number of aryl methyl sites for hydroxylation is 1. The van der Waals surface area contributed by atoms with Crippen molar-refractivity contribution in [2.24, 2.45) is 5.92 Å². The molecule has 1 aliphatic carbocycles. The Balaban J connectivity index is 1.47. The van der Waals surface area contributed by atoms with E-state index < -0.39 is 0 Å². The molecule has 24 heavy (non-hydrogen) atoms. The van der Waals surface area contributed by atoms with E-state index in [-0.39, 0.29) is 17.7 Å². The van der Waals surface area contributed by atoms with Crippen molar-refractivity contribution >= 4 is 22.9 Å².